The molecule has 4 heterocycles. The number of nitrogens with one attached hydrogen (secondary N) is 1. The summed E-state index contributed by atoms with van der Waals surface area (Å²) in [6.07, 6.45) is 2.00. The first-order chi connectivity index (χ1) is 14.4. The van der Waals surface area contributed by atoms with Crippen LogP contribution >= 0.6 is 22.9 Å². The van der Waals surface area contributed by atoms with Gasteiger partial charge in [-0.2, -0.15) is 0 Å². The van der Waals surface area contributed by atoms with E-state index in [0.29, 0.717) is 38.7 Å². The van der Waals surface area contributed by atoms with Crippen molar-refractivity contribution in [3.8, 4) is 11.5 Å². The number of fused-ring (bicyclic) bond motifs is 2. The number of ether oxygens (including phenoxy) is 2. The Labute approximate surface area is 180 Å². The third kappa shape index (κ3) is 3.26. The van der Waals surface area contributed by atoms with Crippen molar-refractivity contribution in [3.05, 3.63) is 57.7 Å². The highest BCUT2D eigenvalue weighted by Crippen LogP contribution is 2.39. The summed E-state index contributed by atoms with van der Waals surface area (Å²) in [7, 11) is -4.02. The minimum absolute atomic E-state index is 0.119. The number of nitrogens with zero attached hydrogens (tertiary/aromatic N) is 2. The molecule has 1 aromatic carbocycles. The molecule has 0 saturated heterocycles. The van der Waals surface area contributed by atoms with E-state index in [-0.39, 0.29) is 22.6 Å². The average molecular weight is 464 g/mol. The Kier molecular flexibility index (Phi) is 4.57. The number of thiophene rings is 1. The molecule has 154 valence electrons. The highest BCUT2D eigenvalue weighted by Gasteiger charge is 2.28. The summed E-state index contributed by atoms with van der Waals surface area (Å²) in [5.74, 6) is 1.19. The summed E-state index contributed by atoms with van der Waals surface area (Å²) in [6, 6.07) is 8.97. The molecule has 0 saturated carbocycles. The third-order valence-electron chi connectivity index (χ3n) is 4.58. The van der Waals surface area contributed by atoms with Crippen LogP contribution < -0.4 is 14.2 Å². The van der Waals surface area contributed by atoms with E-state index >= 15 is 0 Å². The van der Waals surface area contributed by atoms with Gasteiger partial charge in [0.05, 0.1) is 0 Å². The SMILES string of the molecule is Cc1noc(NS(=O)(=O)c2c(Cc3ccc4c(c3)OCO4)sc3ncccc23)c1Cl. The zero-order valence-corrected chi connectivity index (χ0v) is 17.9. The first-order valence-electron chi connectivity index (χ1n) is 8.82. The van der Waals surface area contributed by atoms with Crippen molar-refractivity contribution in [3.63, 3.8) is 0 Å². The fraction of sp³-hybridized carbons (Fsp3) is 0.158. The molecular weight excluding hydrogens is 450 g/mol. The fourth-order valence-corrected chi connectivity index (χ4v) is 6.27. The number of pyridine rings is 1. The number of aromatic nitrogens is 2. The fourth-order valence-electron chi connectivity index (χ4n) is 3.20. The van der Waals surface area contributed by atoms with E-state index in [9.17, 15) is 8.42 Å². The van der Waals surface area contributed by atoms with E-state index in [2.05, 4.69) is 14.9 Å². The molecule has 1 aliphatic rings. The van der Waals surface area contributed by atoms with E-state index in [1.165, 1.54) is 11.3 Å². The number of anilines is 1. The van der Waals surface area contributed by atoms with Crippen molar-refractivity contribution in [2.75, 3.05) is 11.5 Å². The van der Waals surface area contributed by atoms with Crippen molar-refractivity contribution >= 4 is 49.1 Å². The van der Waals surface area contributed by atoms with Crippen molar-refractivity contribution in [2.45, 2.75) is 18.2 Å². The van der Waals surface area contributed by atoms with Crippen LogP contribution in [0.5, 0.6) is 11.5 Å². The predicted molar refractivity (Wildman–Crippen MR) is 112 cm³/mol. The molecular formula is C19H14ClN3O5S2. The summed E-state index contributed by atoms with van der Waals surface area (Å²) >= 11 is 7.42. The molecule has 11 heteroatoms. The number of hydrogen-bond donors (Lipinski definition) is 1. The Hall–Kier alpha value is -2.82. The molecule has 0 radical (unpaired) electrons. The van der Waals surface area contributed by atoms with Crippen LogP contribution in [0.2, 0.25) is 5.02 Å². The maximum Gasteiger partial charge on any atom is 0.266 e. The molecule has 0 aliphatic carbocycles. The molecule has 3 aromatic heterocycles. The summed E-state index contributed by atoms with van der Waals surface area (Å²) in [5.41, 5.74) is 1.28. The van der Waals surface area contributed by atoms with Crippen LogP contribution in [0.15, 0.2) is 45.9 Å². The van der Waals surface area contributed by atoms with Gasteiger partial charge in [-0.05, 0) is 36.8 Å². The Balaban J connectivity index is 1.59. The summed E-state index contributed by atoms with van der Waals surface area (Å²) < 4.78 is 44.9. The van der Waals surface area contributed by atoms with Gasteiger partial charge in [-0.3, -0.25) is 0 Å². The van der Waals surface area contributed by atoms with Crippen LogP contribution in [0.25, 0.3) is 10.2 Å². The molecule has 8 nitrogen and oxygen atoms in total. The van der Waals surface area contributed by atoms with Crippen LogP contribution in [0, 0.1) is 6.92 Å². The minimum Gasteiger partial charge on any atom is -0.454 e. The maximum absolute atomic E-state index is 13.3. The summed E-state index contributed by atoms with van der Waals surface area (Å²) in [6.45, 7) is 1.80. The lowest BCUT2D eigenvalue weighted by molar-refractivity contribution is 0.174. The van der Waals surface area contributed by atoms with Gasteiger partial charge < -0.3 is 14.0 Å². The van der Waals surface area contributed by atoms with Crippen LogP contribution in [-0.2, 0) is 16.4 Å². The number of aryl methyl sites for hydroxylation is 1. The van der Waals surface area contributed by atoms with E-state index in [1.807, 2.05) is 18.2 Å². The van der Waals surface area contributed by atoms with Crippen LogP contribution in [-0.4, -0.2) is 25.4 Å². The molecule has 0 spiro atoms. The predicted octanol–water partition coefficient (Wildman–Crippen LogP) is 4.37. The topological polar surface area (TPSA) is 104 Å². The van der Waals surface area contributed by atoms with Gasteiger partial charge in [0.15, 0.2) is 11.5 Å². The zero-order valence-electron chi connectivity index (χ0n) is 15.5. The molecule has 0 unspecified atom stereocenters. The first kappa shape index (κ1) is 19.2. The average Bonchev–Trinajstić information content (AvgIpc) is 3.41. The second kappa shape index (κ2) is 7.15. The molecule has 0 atom stereocenters. The second-order valence-corrected chi connectivity index (χ2v) is 9.67. The van der Waals surface area contributed by atoms with Crippen LogP contribution in [0.3, 0.4) is 0 Å². The van der Waals surface area contributed by atoms with Gasteiger partial charge in [0, 0.05) is 22.9 Å². The van der Waals surface area contributed by atoms with E-state index in [4.69, 9.17) is 25.6 Å². The Bertz CT molecular complexity index is 1380. The molecule has 30 heavy (non-hydrogen) atoms. The van der Waals surface area contributed by atoms with Crippen molar-refractivity contribution in [2.24, 2.45) is 0 Å². The maximum atomic E-state index is 13.3. The highest BCUT2D eigenvalue weighted by atomic mass is 35.5. The van der Waals surface area contributed by atoms with Gasteiger partial charge in [-0.25, -0.2) is 18.1 Å². The van der Waals surface area contributed by atoms with E-state index in [0.717, 1.165) is 5.56 Å². The van der Waals surface area contributed by atoms with Gasteiger partial charge in [0.1, 0.15) is 20.4 Å². The molecule has 0 bridgehead atoms. The first-order valence-corrected chi connectivity index (χ1v) is 11.5. The number of benzene rings is 1. The van der Waals surface area contributed by atoms with Gasteiger partial charge in [-0.15, -0.1) is 11.3 Å². The lowest BCUT2D eigenvalue weighted by Crippen LogP contribution is -2.14. The smallest absolute Gasteiger partial charge is 0.266 e. The van der Waals surface area contributed by atoms with Gasteiger partial charge in [0.2, 0.25) is 6.79 Å². The number of rotatable bonds is 5. The van der Waals surface area contributed by atoms with Crippen LogP contribution in [0.1, 0.15) is 16.1 Å². The lowest BCUT2D eigenvalue weighted by Gasteiger charge is -2.08. The number of sulfonamides is 1. The summed E-state index contributed by atoms with van der Waals surface area (Å²) in [4.78, 5) is 5.71. The van der Waals surface area contributed by atoms with Crippen molar-refractivity contribution in [1.29, 1.82) is 0 Å². The summed E-state index contributed by atoms with van der Waals surface area (Å²) in [5, 5.41) is 4.34. The normalized spacial score (nSPS) is 13.1. The third-order valence-corrected chi connectivity index (χ3v) is 7.72. The van der Waals surface area contributed by atoms with Gasteiger partial charge in [0.25, 0.3) is 15.9 Å². The standard InChI is InChI=1S/C19H14ClN3O5S2/c1-10-16(20)18(28-22-10)23-30(24,25)17-12-3-2-6-21-19(12)29-15(17)8-11-4-5-13-14(7-11)27-9-26-13/h2-7,23H,8-9H2,1H3. The van der Waals surface area contributed by atoms with Crippen LogP contribution in [0.4, 0.5) is 5.88 Å². The molecule has 1 N–H and O–H groups in total. The molecule has 4 aromatic rings. The number of halogens is 1. The number of hydrogen-bond acceptors (Lipinski definition) is 8. The Morgan fingerprint density at radius 3 is 2.87 bits per heavy atom. The van der Waals surface area contributed by atoms with Crippen molar-refractivity contribution < 1.29 is 22.4 Å². The molecule has 0 amide bonds. The van der Waals surface area contributed by atoms with Gasteiger partial charge in [-0.1, -0.05) is 22.8 Å². The molecule has 1 aliphatic heterocycles. The van der Waals surface area contributed by atoms with E-state index < -0.39 is 10.0 Å². The minimum atomic E-state index is -4.02. The zero-order chi connectivity index (χ0) is 20.9. The second-order valence-electron chi connectivity index (χ2n) is 6.59. The Morgan fingerprint density at radius 1 is 1.23 bits per heavy atom. The molecule has 5 rings (SSSR count). The highest BCUT2D eigenvalue weighted by molar-refractivity contribution is 7.93. The quantitative estimate of drug-likeness (QED) is 0.468. The largest absolute Gasteiger partial charge is 0.454 e. The van der Waals surface area contributed by atoms with E-state index in [1.54, 1.807) is 25.3 Å². The monoisotopic (exact) mass is 463 g/mol. The Morgan fingerprint density at radius 2 is 2.07 bits per heavy atom. The van der Waals surface area contributed by atoms with Gasteiger partial charge >= 0.3 is 0 Å². The lowest BCUT2D eigenvalue weighted by atomic mass is 10.1. The van der Waals surface area contributed by atoms with Crippen molar-refractivity contribution in [1.82, 2.24) is 10.1 Å². The molecule has 0 fully saturated rings.